The van der Waals surface area contributed by atoms with Gasteiger partial charge in [0.2, 0.25) is 0 Å². The van der Waals surface area contributed by atoms with Gasteiger partial charge >= 0.3 is 0 Å². The summed E-state index contributed by atoms with van der Waals surface area (Å²) in [5.41, 5.74) is 1.11. The van der Waals surface area contributed by atoms with Crippen molar-refractivity contribution >= 4 is 21.4 Å². The predicted octanol–water partition coefficient (Wildman–Crippen LogP) is 3.08. The average molecular weight is 318 g/mol. The van der Waals surface area contributed by atoms with Crippen LogP contribution in [0.15, 0.2) is 24.3 Å². The molecule has 0 bridgehead atoms. The molecule has 1 rings (SSSR count). The van der Waals surface area contributed by atoms with Crippen molar-refractivity contribution in [3.63, 3.8) is 0 Å². The fourth-order valence-electron chi connectivity index (χ4n) is 2.19. The number of hydrogen-bond acceptors (Lipinski definition) is 3. The van der Waals surface area contributed by atoms with Crippen LogP contribution in [0.1, 0.15) is 32.3 Å². The molecule has 0 aromatic heterocycles. The Hall–Kier alpha value is -0.580. The average Bonchev–Trinajstić information content (AvgIpc) is 2.41. The number of rotatable bonds is 9. The van der Waals surface area contributed by atoms with E-state index in [9.17, 15) is 8.42 Å². The molecule has 1 unspecified atom stereocenters. The molecule has 114 valence electrons. The molecule has 0 aliphatic carbocycles. The van der Waals surface area contributed by atoms with E-state index in [-0.39, 0.29) is 17.5 Å². The van der Waals surface area contributed by atoms with Gasteiger partial charge in [-0.25, -0.2) is 8.42 Å². The molecule has 5 heteroatoms. The van der Waals surface area contributed by atoms with Crippen molar-refractivity contribution in [2.75, 3.05) is 18.1 Å². The molecule has 1 aromatic rings. The van der Waals surface area contributed by atoms with E-state index >= 15 is 0 Å². The summed E-state index contributed by atoms with van der Waals surface area (Å²) in [4.78, 5) is 0. The van der Waals surface area contributed by atoms with Gasteiger partial charge in [0.1, 0.15) is 9.84 Å². The molecule has 20 heavy (non-hydrogen) atoms. The van der Waals surface area contributed by atoms with Gasteiger partial charge in [-0.3, -0.25) is 0 Å². The fourth-order valence-corrected chi connectivity index (χ4v) is 3.30. The quantitative estimate of drug-likeness (QED) is 0.761. The highest BCUT2D eigenvalue weighted by Crippen LogP contribution is 2.18. The highest BCUT2D eigenvalue weighted by Gasteiger charge is 2.13. The summed E-state index contributed by atoms with van der Waals surface area (Å²) < 4.78 is 23.0. The van der Waals surface area contributed by atoms with Crippen LogP contribution in [0, 0.1) is 0 Å². The first kappa shape index (κ1) is 17.5. The summed E-state index contributed by atoms with van der Waals surface area (Å²) >= 11 is 6.17. The summed E-state index contributed by atoms with van der Waals surface area (Å²) in [5.74, 6) is 0.497. The van der Waals surface area contributed by atoms with Crippen LogP contribution in [0.25, 0.3) is 0 Å². The Bertz CT molecular complexity index is 502. The zero-order valence-electron chi connectivity index (χ0n) is 12.2. The Balaban J connectivity index is 2.55. The molecule has 3 nitrogen and oxygen atoms in total. The standard InChI is InChI=1S/C15H24ClNO2S/c1-3-17-14(9-7-11-20(18,19)4-2)12-13-8-5-6-10-15(13)16/h5-6,8,10,14,17H,3-4,7,9,11-12H2,1-2H3. The van der Waals surface area contributed by atoms with Crippen LogP contribution in [0.2, 0.25) is 5.02 Å². The van der Waals surface area contributed by atoms with Crippen LogP contribution in [0.5, 0.6) is 0 Å². The molecule has 1 atom stereocenters. The smallest absolute Gasteiger partial charge is 0.150 e. The van der Waals surface area contributed by atoms with Gasteiger partial charge in [-0.2, -0.15) is 0 Å². The van der Waals surface area contributed by atoms with E-state index in [0.717, 1.165) is 30.0 Å². The van der Waals surface area contributed by atoms with Gasteiger partial charge < -0.3 is 5.32 Å². The SMILES string of the molecule is CCNC(CCCS(=O)(=O)CC)Cc1ccccc1Cl. The maximum atomic E-state index is 11.5. The van der Waals surface area contributed by atoms with Gasteiger partial charge in [-0.05, 0) is 37.4 Å². The van der Waals surface area contributed by atoms with Gasteiger partial charge in [0.15, 0.2) is 0 Å². The van der Waals surface area contributed by atoms with Crippen LogP contribution < -0.4 is 5.32 Å². The monoisotopic (exact) mass is 317 g/mol. The third kappa shape index (κ3) is 6.25. The van der Waals surface area contributed by atoms with E-state index in [1.54, 1.807) is 6.92 Å². The zero-order valence-corrected chi connectivity index (χ0v) is 13.8. The van der Waals surface area contributed by atoms with Crippen molar-refractivity contribution < 1.29 is 8.42 Å². The second kappa shape index (κ2) is 8.65. The van der Waals surface area contributed by atoms with E-state index in [1.807, 2.05) is 24.3 Å². The van der Waals surface area contributed by atoms with Crippen molar-refractivity contribution in [1.29, 1.82) is 0 Å². The summed E-state index contributed by atoms with van der Waals surface area (Å²) in [6.45, 7) is 4.62. The van der Waals surface area contributed by atoms with Crippen LogP contribution in [-0.4, -0.2) is 32.5 Å². The third-order valence-corrected chi connectivity index (χ3v) is 5.52. The highest BCUT2D eigenvalue weighted by atomic mass is 35.5. The molecule has 1 aromatic carbocycles. The fraction of sp³-hybridized carbons (Fsp3) is 0.600. The first-order valence-corrected chi connectivity index (χ1v) is 9.35. The lowest BCUT2D eigenvalue weighted by molar-refractivity contribution is 0.484. The normalized spacial score (nSPS) is 13.3. The van der Waals surface area contributed by atoms with Crippen LogP contribution in [0.3, 0.4) is 0 Å². The lowest BCUT2D eigenvalue weighted by Crippen LogP contribution is -2.31. The Morgan fingerprint density at radius 3 is 2.55 bits per heavy atom. The second-order valence-corrected chi connectivity index (χ2v) is 7.81. The molecule has 0 heterocycles. The van der Waals surface area contributed by atoms with Crippen molar-refractivity contribution in [1.82, 2.24) is 5.32 Å². The maximum Gasteiger partial charge on any atom is 0.150 e. The van der Waals surface area contributed by atoms with Crippen LogP contribution >= 0.6 is 11.6 Å². The summed E-state index contributed by atoms with van der Waals surface area (Å²) in [6, 6.07) is 8.08. The lowest BCUT2D eigenvalue weighted by atomic mass is 10.0. The molecule has 0 aliphatic rings. The van der Waals surface area contributed by atoms with Gasteiger partial charge in [-0.15, -0.1) is 0 Å². The van der Waals surface area contributed by atoms with E-state index in [2.05, 4.69) is 12.2 Å². The number of likely N-dealkylation sites (N-methyl/N-ethyl adjacent to an activating group) is 1. The minimum Gasteiger partial charge on any atom is -0.314 e. The Labute approximate surface area is 127 Å². The van der Waals surface area contributed by atoms with E-state index in [1.165, 1.54) is 0 Å². The zero-order chi connectivity index (χ0) is 15.0. The predicted molar refractivity (Wildman–Crippen MR) is 86.2 cm³/mol. The van der Waals surface area contributed by atoms with E-state index in [0.29, 0.717) is 6.42 Å². The topological polar surface area (TPSA) is 46.2 Å². The minimum absolute atomic E-state index is 0.226. The Kier molecular flexibility index (Phi) is 7.56. The number of halogens is 1. The lowest BCUT2D eigenvalue weighted by Gasteiger charge is -2.18. The molecule has 0 saturated carbocycles. The molecule has 0 amide bonds. The molecule has 0 fully saturated rings. The number of hydrogen-bond donors (Lipinski definition) is 1. The second-order valence-electron chi connectivity index (χ2n) is 4.93. The van der Waals surface area contributed by atoms with Crippen LogP contribution in [0.4, 0.5) is 0 Å². The molecule has 0 saturated heterocycles. The maximum absolute atomic E-state index is 11.5. The van der Waals surface area contributed by atoms with Crippen LogP contribution in [-0.2, 0) is 16.3 Å². The number of benzene rings is 1. The summed E-state index contributed by atoms with van der Waals surface area (Å²) in [7, 11) is -2.86. The molecule has 1 N–H and O–H groups in total. The van der Waals surface area contributed by atoms with E-state index in [4.69, 9.17) is 11.6 Å². The summed E-state index contributed by atoms with van der Waals surface area (Å²) in [5, 5.41) is 4.18. The first-order chi connectivity index (χ1) is 9.48. The molecular formula is C15H24ClNO2S. The van der Waals surface area contributed by atoms with E-state index < -0.39 is 9.84 Å². The minimum atomic E-state index is -2.86. The van der Waals surface area contributed by atoms with Crippen molar-refractivity contribution in [2.24, 2.45) is 0 Å². The largest absolute Gasteiger partial charge is 0.314 e. The highest BCUT2D eigenvalue weighted by molar-refractivity contribution is 7.91. The van der Waals surface area contributed by atoms with Crippen molar-refractivity contribution in [3.05, 3.63) is 34.9 Å². The molecular weight excluding hydrogens is 294 g/mol. The molecule has 0 spiro atoms. The first-order valence-electron chi connectivity index (χ1n) is 7.15. The molecule has 0 aliphatic heterocycles. The Morgan fingerprint density at radius 2 is 1.95 bits per heavy atom. The van der Waals surface area contributed by atoms with Gasteiger partial charge in [0.05, 0.1) is 5.75 Å². The summed E-state index contributed by atoms with van der Waals surface area (Å²) in [6.07, 6.45) is 2.37. The van der Waals surface area contributed by atoms with Gasteiger partial charge in [-0.1, -0.05) is 43.6 Å². The number of nitrogens with one attached hydrogen (secondary N) is 1. The van der Waals surface area contributed by atoms with Gasteiger partial charge in [0, 0.05) is 16.8 Å². The molecule has 0 radical (unpaired) electrons. The number of sulfone groups is 1. The van der Waals surface area contributed by atoms with Gasteiger partial charge in [0.25, 0.3) is 0 Å². The van der Waals surface area contributed by atoms with Crippen molar-refractivity contribution in [3.8, 4) is 0 Å². The Morgan fingerprint density at radius 1 is 1.25 bits per heavy atom. The van der Waals surface area contributed by atoms with Crippen molar-refractivity contribution in [2.45, 2.75) is 39.2 Å². The third-order valence-electron chi connectivity index (χ3n) is 3.36.